The Morgan fingerprint density at radius 2 is 2.29 bits per heavy atom. The Bertz CT molecular complexity index is 640. The van der Waals surface area contributed by atoms with E-state index in [0.29, 0.717) is 25.4 Å². The molecule has 6 nitrogen and oxygen atoms in total. The van der Waals surface area contributed by atoms with E-state index in [4.69, 9.17) is 4.74 Å². The molecular weight excluding hydrogens is 268 g/mol. The van der Waals surface area contributed by atoms with Crippen molar-refractivity contribution in [1.29, 1.82) is 0 Å². The van der Waals surface area contributed by atoms with Gasteiger partial charge in [-0.1, -0.05) is 6.07 Å². The summed E-state index contributed by atoms with van der Waals surface area (Å²) in [5, 5.41) is 4.19. The van der Waals surface area contributed by atoms with Gasteiger partial charge in [-0.3, -0.25) is 14.5 Å². The van der Waals surface area contributed by atoms with Crippen LogP contribution in [0.5, 0.6) is 0 Å². The molecule has 2 aromatic heterocycles. The van der Waals surface area contributed by atoms with Gasteiger partial charge in [-0.25, -0.2) is 0 Å². The summed E-state index contributed by atoms with van der Waals surface area (Å²) in [5.41, 5.74) is 0.910. The predicted octanol–water partition coefficient (Wildman–Crippen LogP) is 1.20. The van der Waals surface area contributed by atoms with Crippen LogP contribution in [0.15, 0.2) is 36.8 Å². The van der Waals surface area contributed by atoms with Crippen molar-refractivity contribution in [2.75, 3.05) is 19.7 Å². The molecule has 1 unspecified atom stereocenters. The molecule has 3 heterocycles. The third kappa shape index (κ3) is 2.67. The van der Waals surface area contributed by atoms with Crippen LogP contribution in [-0.4, -0.2) is 45.3 Å². The highest BCUT2D eigenvalue weighted by molar-refractivity contribution is 5.92. The number of hydrogen-bond acceptors (Lipinski definition) is 4. The van der Waals surface area contributed by atoms with Gasteiger partial charge in [-0.15, -0.1) is 0 Å². The van der Waals surface area contributed by atoms with Crippen molar-refractivity contribution in [3.8, 4) is 0 Å². The van der Waals surface area contributed by atoms with Crippen LogP contribution in [0, 0.1) is 0 Å². The van der Waals surface area contributed by atoms with Crippen LogP contribution < -0.4 is 0 Å². The maximum absolute atomic E-state index is 12.5. The van der Waals surface area contributed by atoms with Gasteiger partial charge >= 0.3 is 0 Å². The summed E-state index contributed by atoms with van der Waals surface area (Å²) in [6, 6.07) is 5.36. The van der Waals surface area contributed by atoms with Gasteiger partial charge < -0.3 is 9.64 Å². The minimum absolute atomic E-state index is 0.0611. The highest BCUT2D eigenvalue weighted by Gasteiger charge is 2.37. The second-order valence-electron chi connectivity index (χ2n) is 5.42. The third-order valence-electron chi connectivity index (χ3n) is 3.76. The van der Waals surface area contributed by atoms with E-state index in [1.54, 1.807) is 34.1 Å². The zero-order valence-corrected chi connectivity index (χ0v) is 12.2. The maximum Gasteiger partial charge on any atom is 0.272 e. The normalized spacial score (nSPS) is 22.3. The van der Waals surface area contributed by atoms with E-state index in [-0.39, 0.29) is 5.91 Å². The first-order chi connectivity index (χ1) is 10.1. The lowest BCUT2D eigenvalue weighted by Crippen LogP contribution is -2.50. The van der Waals surface area contributed by atoms with Crippen LogP contribution in [0.4, 0.5) is 0 Å². The number of amides is 1. The van der Waals surface area contributed by atoms with Crippen molar-refractivity contribution >= 4 is 5.91 Å². The summed E-state index contributed by atoms with van der Waals surface area (Å²) >= 11 is 0. The fraction of sp³-hybridized carbons (Fsp3) is 0.400. The van der Waals surface area contributed by atoms with Gasteiger partial charge in [-0.05, 0) is 19.1 Å². The monoisotopic (exact) mass is 286 g/mol. The lowest BCUT2D eigenvalue weighted by Gasteiger charge is -2.39. The van der Waals surface area contributed by atoms with E-state index in [9.17, 15) is 4.79 Å². The Labute approximate surface area is 123 Å². The standard InChI is InChI=1S/C15H18N4O2/c1-15(12-9-17-18(2)10-12)11-19(7-8-21-15)14(20)13-5-3-4-6-16-13/h3-6,9-10H,7-8,11H2,1-2H3. The third-order valence-corrected chi connectivity index (χ3v) is 3.76. The van der Waals surface area contributed by atoms with Gasteiger partial charge in [0.15, 0.2) is 0 Å². The molecule has 3 rings (SSSR count). The molecule has 1 aliphatic rings. The predicted molar refractivity (Wildman–Crippen MR) is 76.7 cm³/mol. The van der Waals surface area contributed by atoms with E-state index in [1.807, 2.05) is 26.2 Å². The first kappa shape index (κ1) is 13.8. The molecule has 1 saturated heterocycles. The summed E-state index contributed by atoms with van der Waals surface area (Å²) in [7, 11) is 1.87. The van der Waals surface area contributed by atoms with Crippen molar-refractivity contribution < 1.29 is 9.53 Å². The van der Waals surface area contributed by atoms with E-state index in [2.05, 4.69) is 10.1 Å². The van der Waals surface area contributed by atoms with Gasteiger partial charge in [0.05, 0.1) is 19.3 Å². The SMILES string of the molecule is Cn1cc(C2(C)CN(C(=O)c3ccccn3)CCO2)cn1. The average Bonchev–Trinajstić information content (AvgIpc) is 2.95. The summed E-state index contributed by atoms with van der Waals surface area (Å²) in [6.07, 6.45) is 5.34. The number of carbonyl (C=O) groups excluding carboxylic acids is 1. The van der Waals surface area contributed by atoms with Gasteiger partial charge in [0, 0.05) is 31.5 Å². The Hall–Kier alpha value is -2.21. The number of nitrogens with zero attached hydrogens (tertiary/aromatic N) is 4. The van der Waals surface area contributed by atoms with Gasteiger partial charge in [-0.2, -0.15) is 5.10 Å². The maximum atomic E-state index is 12.5. The van der Waals surface area contributed by atoms with E-state index in [0.717, 1.165) is 5.56 Å². The molecule has 110 valence electrons. The molecule has 0 spiro atoms. The Balaban J connectivity index is 1.81. The molecule has 1 aliphatic heterocycles. The average molecular weight is 286 g/mol. The van der Waals surface area contributed by atoms with Crippen molar-refractivity contribution in [2.24, 2.45) is 7.05 Å². The quantitative estimate of drug-likeness (QED) is 0.832. The Morgan fingerprint density at radius 1 is 1.43 bits per heavy atom. The molecule has 1 fully saturated rings. The first-order valence-electron chi connectivity index (χ1n) is 6.92. The fourth-order valence-corrected chi connectivity index (χ4v) is 2.56. The lowest BCUT2D eigenvalue weighted by molar-refractivity contribution is -0.0932. The molecule has 0 aromatic carbocycles. The number of aromatic nitrogens is 3. The number of pyridine rings is 1. The zero-order chi connectivity index (χ0) is 14.9. The van der Waals surface area contributed by atoms with Crippen LogP contribution in [0.3, 0.4) is 0 Å². The van der Waals surface area contributed by atoms with Crippen molar-refractivity contribution in [3.63, 3.8) is 0 Å². The number of aryl methyl sites for hydroxylation is 1. The minimum Gasteiger partial charge on any atom is -0.367 e. The number of rotatable bonds is 2. The van der Waals surface area contributed by atoms with E-state index in [1.165, 1.54) is 0 Å². The Kier molecular flexibility index (Phi) is 3.47. The van der Waals surface area contributed by atoms with Gasteiger partial charge in [0.1, 0.15) is 11.3 Å². The summed E-state index contributed by atoms with van der Waals surface area (Å²) in [5.74, 6) is -0.0611. The highest BCUT2D eigenvalue weighted by atomic mass is 16.5. The molecular formula is C15H18N4O2. The molecule has 0 aliphatic carbocycles. The molecule has 21 heavy (non-hydrogen) atoms. The number of morpholine rings is 1. The van der Waals surface area contributed by atoms with E-state index >= 15 is 0 Å². The van der Waals surface area contributed by atoms with Crippen molar-refractivity contribution in [1.82, 2.24) is 19.7 Å². The van der Waals surface area contributed by atoms with Crippen LogP contribution in [0.2, 0.25) is 0 Å². The van der Waals surface area contributed by atoms with Crippen LogP contribution >= 0.6 is 0 Å². The lowest BCUT2D eigenvalue weighted by atomic mass is 9.97. The molecule has 0 bridgehead atoms. The molecule has 0 radical (unpaired) electrons. The van der Waals surface area contributed by atoms with Crippen LogP contribution in [0.1, 0.15) is 23.0 Å². The molecule has 0 N–H and O–H groups in total. The largest absolute Gasteiger partial charge is 0.367 e. The van der Waals surface area contributed by atoms with Crippen molar-refractivity contribution in [2.45, 2.75) is 12.5 Å². The molecule has 1 amide bonds. The highest BCUT2D eigenvalue weighted by Crippen LogP contribution is 2.29. The Morgan fingerprint density at radius 3 is 2.95 bits per heavy atom. The molecule has 1 atom stereocenters. The fourth-order valence-electron chi connectivity index (χ4n) is 2.56. The summed E-state index contributed by atoms with van der Waals surface area (Å²) in [4.78, 5) is 18.4. The van der Waals surface area contributed by atoms with Crippen molar-refractivity contribution in [3.05, 3.63) is 48.0 Å². The molecule has 0 saturated carbocycles. The summed E-state index contributed by atoms with van der Waals surface area (Å²) < 4.78 is 7.65. The first-order valence-corrected chi connectivity index (χ1v) is 6.92. The second kappa shape index (κ2) is 5.29. The topological polar surface area (TPSA) is 60.2 Å². The second-order valence-corrected chi connectivity index (χ2v) is 5.42. The minimum atomic E-state index is -0.531. The number of carbonyl (C=O) groups is 1. The van der Waals surface area contributed by atoms with Crippen LogP contribution in [-0.2, 0) is 17.4 Å². The molecule has 6 heteroatoms. The van der Waals surface area contributed by atoms with Gasteiger partial charge in [0.25, 0.3) is 5.91 Å². The van der Waals surface area contributed by atoms with Crippen LogP contribution in [0.25, 0.3) is 0 Å². The van der Waals surface area contributed by atoms with E-state index < -0.39 is 5.60 Å². The smallest absolute Gasteiger partial charge is 0.272 e. The van der Waals surface area contributed by atoms with Gasteiger partial charge in [0.2, 0.25) is 0 Å². The summed E-state index contributed by atoms with van der Waals surface area (Å²) in [6.45, 7) is 3.56. The number of hydrogen-bond donors (Lipinski definition) is 0. The zero-order valence-electron chi connectivity index (χ0n) is 12.2. The number of ether oxygens (including phenoxy) is 1. The molecule has 2 aromatic rings.